The number of nitrogens with zero attached hydrogens (tertiary/aromatic N) is 2. The molecular formula is C10H6ClF2N2. The smallest absolute Gasteiger partial charge is 0.231 e. The van der Waals surface area contributed by atoms with Crippen LogP contribution in [0.1, 0.15) is 12.1 Å². The summed E-state index contributed by atoms with van der Waals surface area (Å²) in [5.74, 6) is 0. The molecule has 0 saturated carbocycles. The van der Waals surface area contributed by atoms with Gasteiger partial charge in [0.15, 0.2) is 0 Å². The van der Waals surface area contributed by atoms with Crippen molar-refractivity contribution in [2.24, 2.45) is 0 Å². The van der Waals surface area contributed by atoms with Gasteiger partial charge in [-0.15, -0.1) is 0 Å². The van der Waals surface area contributed by atoms with Gasteiger partial charge in [-0.05, 0) is 24.3 Å². The van der Waals surface area contributed by atoms with Crippen LogP contribution in [0.25, 0.3) is 5.69 Å². The Balaban J connectivity index is 2.45. The molecule has 1 radical (unpaired) electrons. The minimum atomic E-state index is -2.59. The van der Waals surface area contributed by atoms with Gasteiger partial charge in [0.1, 0.15) is 5.69 Å². The molecule has 5 heteroatoms. The van der Waals surface area contributed by atoms with Crippen LogP contribution in [-0.4, -0.2) is 9.78 Å². The van der Waals surface area contributed by atoms with E-state index < -0.39 is 6.43 Å². The fourth-order valence-electron chi connectivity index (χ4n) is 1.22. The Labute approximate surface area is 90.1 Å². The van der Waals surface area contributed by atoms with E-state index in [2.05, 4.69) is 11.2 Å². The molecule has 0 fully saturated rings. The lowest BCUT2D eigenvalue weighted by atomic mass is 10.3. The molecule has 0 atom stereocenters. The topological polar surface area (TPSA) is 17.8 Å². The first-order valence-electron chi connectivity index (χ1n) is 4.18. The van der Waals surface area contributed by atoms with E-state index in [1.165, 1.54) is 6.20 Å². The normalized spacial score (nSPS) is 10.9. The van der Waals surface area contributed by atoms with Gasteiger partial charge in [0.05, 0.1) is 11.9 Å². The van der Waals surface area contributed by atoms with Crippen LogP contribution in [0.3, 0.4) is 0 Å². The molecule has 77 valence electrons. The zero-order valence-corrected chi connectivity index (χ0v) is 8.25. The van der Waals surface area contributed by atoms with E-state index in [-0.39, 0.29) is 5.69 Å². The van der Waals surface area contributed by atoms with Crippen molar-refractivity contribution in [1.82, 2.24) is 9.78 Å². The Kier molecular flexibility index (Phi) is 2.68. The third kappa shape index (κ3) is 1.99. The van der Waals surface area contributed by atoms with Crippen molar-refractivity contribution in [2.75, 3.05) is 0 Å². The van der Waals surface area contributed by atoms with Gasteiger partial charge in [-0.1, -0.05) is 11.6 Å². The summed E-state index contributed by atoms with van der Waals surface area (Å²) in [5.41, 5.74) is 0.285. The molecular weight excluding hydrogens is 222 g/mol. The number of halogens is 3. The molecule has 0 saturated heterocycles. The van der Waals surface area contributed by atoms with Crippen LogP contribution >= 0.6 is 11.6 Å². The van der Waals surface area contributed by atoms with E-state index in [9.17, 15) is 8.78 Å². The maximum absolute atomic E-state index is 12.5. The zero-order chi connectivity index (χ0) is 10.8. The maximum Gasteiger partial charge on any atom is 0.281 e. The lowest BCUT2D eigenvalue weighted by Crippen LogP contribution is -2.02. The minimum Gasteiger partial charge on any atom is -0.231 e. The second-order valence-electron chi connectivity index (χ2n) is 2.86. The molecule has 2 aromatic rings. The Bertz CT molecular complexity index is 451. The summed E-state index contributed by atoms with van der Waals surface area (Å²) in [7, 11) is 0. The molecule has 0 unspecified atom stereocenters. The second-order valence-corrected chi connectivity index (χ2v) is 3.30. The molecule has 1 aromatic carbocycles. The van der Waals surface area contributed by atoms with Crippen LogP contribution in [0.2, 0.25) is 5.02 Å². The Morgan fingerprint density at radius 1 is 1.27 bits per heavy atom. The van der Waals surface area contributed by atoms with Crippen LogP contribution in [0.5, 0.6) is 0 Å². The molecule has 0 aliphatic carbocycles. The molecule has 1 heterocycles. The number of hydrogen-bond acceptors (Lipinski definition) is 1. The molecule has 0 aliphatic rings. The summed E-state index contributed by atoms with van der Waals surface area (Å²) in [6.45, 7) is 0. The summed E-state index contributed by atoms with van der Waals surface area (Å²) in [6, 6.07) is 8.87. The molecule has 0 amide bonds. The fraction of sp³-hybridized carbons (Fsp3) is 0.100. The third-order valence-corrected chi connectivity index (χ3v) is 2.14. The average molecular weight is 228 g/mol. The highest BCUT2D eigenvalue weighted by Crippen LogP contribution is 2.21. The van der Waals surface area contributed by atoms with Gasteiger partial charge in [-0.3, -0.25) is 0 Å². The van der Waals surface area contributed by atoms with Crippen molar-refractivity contribution < 1.29 is 8.78 Å². The Hall–Kier alpha value is -1.42. The second kappa shape index (κ2) is 3.98. The molecule has 2 rings (SSSR count). The molecule has 2 nitrogen and oxygen atoms in total. The van der Waals surface area contributed by atoms with E-state index in [1.54, 1.807) is 24.3 Å². The van der Waals surface area contributed by atoms with E-state index in [4.69, 9.17) is 11.6 Å². The van der Waals surface area contributed by atoms with Gasteiger partial charge in [0, 0.05) is 11.1 Å². The number of alkyl halides is 2. The first kappa shape index (κ1) is 10.1. The van der Waals surface area contributed by atoms with E-state index >= 15 is 0 Å². The number of rotatable bonds is 2. The lowest BCUT2D eigenvalue weighted by molar-refractivity contribution is 0.142. The summed E-state index contributed by atoms with van der Waals surface area (Å²) in [6.07, 6.45) is -1.38. The largest absolute Gasteiger partial charge is 0.281 e. The van der Waals surface area contributed by atoms with Gasteiger partial charge in [-0.25, -0.2) is 13.5 Å². The van der Waals surface area contributed by atoms with Crippen molar-refractivity contribution in [3.63, 3.8) is 0 Å². The average Bonchev–Trinajstić information content (AvgIpc) is 2.67. The van der Waals surface area contributed by atoms with Crippen molar-refractivity contribution in [2.45, 2.75) is 6.43 Å². The standard InChI is InChI=1S/C10H6ClF2N2/c11-7-1-3-8(4-2-7)15-9(10(12)13)5-6-14-15/h1-4,6,10H. The zero-order valence-electron chi connectivity index (χ0n) is 7.49. The molecule has 0 spiro atoms. The minimum absolute atomic E-state index is 0.252. The Morgan fingerprint density at radius 3 is 2.53 bits per heavy atom. The number of benzene rings is 1. The predicted octanol–water partition coefficient (Wildman–Crippen LogP) is 3.26. The molecule has 15 heavy (non-hydrogen) atoms. The summed E-state index contributed by atoms with van der Waals surface area (Å²) >= 11 is 5.69. The lowest BCUT2D eigenvalue weighted by Gasteiger charge is -2.05. The highest BCUT2D eigenvalue weighted by atomic mass is 35.5. The van der Waals surface area contributed by atoms with Gasteiger partial charge < -0.3 is 0 Å². The van der Waals surface area contributed by atoms with Gasteiger partial charge >= 0.3 is 0 Å². The van der Waals surface area contributed by atoms with Crippen LogP contribution in [0.15, 0.2) is 30.5 Å². The summed E-state index contributed by atoms with van der Waals surface area (Å²) in [4.78, 5) is 0. The third-order valence-electron chi connectivity index (χ3n) is 1.89. The number of hydrogen-bond donors (Lipinski definition) is 0. The van der Waals surface area contributed by atoms with Crippen LogP contribution in [0, 0.1) is 6.07 Å². The summed E-state index contributed by atoms with van der Waals surface area (Å²) < 4.78 is 26.2. The van der Waals surface area contributed by atoms with Crippen molar-refractivity contribution in [3.05, 3.63) is 47.2 Å². The van der Waals surface area contributed by atoms with Crippen LogP contribution < -0.4 is 0 Å². The maximum atomic E-state index is 12.5. The summed E-state index contributed by atoms with van der Waals surface area (Å²) in [5, 5.41) is 4.32. The van der Waals surface area contributed by atoms with Gasteiger partial charge in [-0.2, -0.15) is 5.10 Å². The molecule has 1 aromatic heterocycles. The van der Waals surface area contributed by atoms with E-state index in [0.29, 0.717) is 10.7 Å². The number of aromatic nitrogens is 2. The van der Waals surface area contributed by atoms with Crippen molar-refractivity contribution in [1.29, 1.82) is 0 Å². The molecule has 0 aliphatic heterocycles. The van der Waals surface area contributed by atoms with Gasteiger partial charge in [0.2, 0.25) is 0 Å². The fourth-order valence-corrected chi connectivity index (χ4v) is 1.35. The van der Waals surface area contributed by atoms with Crippen molar-refractivity contribution in [3.8, 4) is 5.69 Å². The quantitative estimate of drug-likeness (QED) is 0.770. The Morgan fingerprint density at radius 2 is 1.93 bits per heavy atom. The van der Waals surface area contributed by atoms with E-state index in [1.807, 2.05) is 0 Å². The molecule has 0 N–H and O–H groups in total. The highest BCUT2D eigenvalue weighted by Gasteiger charge is 2.14. The first-order valence-corrected chi connectivity index (χ1v) is 4.56. The SMILES string of the molecule is FC(F)c1[c]cnn1-c1ccc(Cl)cc1. The highest BCUT2D eigenvalue weighted by molar-refractivity contribution is 6.30. The van der Waals surface area contributed by atoms with Crippen molar-refractivity contribution >= 4 is 11.6 Å². The molecule has 0 bridgehead atoms. The van der Waals surface area contributed by atoms with Crippen LogP contribution in [0.4, 0.5) is 8.78 Å². The first-order chi connectivity index (χ1) is 7.18. The monoisotopic (exact) mass is 227 g/mol. The predicted molar refractivity (Wildman–Crippen MR) is 52.4 cm³/mol. The van der Waals surface area contributed by atoms with E-state index in [0.717, 1.165) is 4.68 Å². The van der Waals surface area contributed by atoms with Crippen LogP contribution in [-0.2, 0) is 0 Å². The van der Waals surface area contributed by atoms with Gasteiger partial charge in [0.25, 0.3) is 6.43 Å².